The number of piperidine rings is 1. The first-order chi connectivity index (χ1) is 13.1. The van der Waals surface area contributed by atoms with Gasteiger partial charge in [0.25, 0.3) is 5.91 Å². The summed E-state index contributed by atoms with van der Waals surface area (Å²) in [5, 5.41) is 8.51. The van der Waals surface area contributed by atoms with Gasteiger partial charge in [0.2, 0.25) is 5.89 Å². The summed E-state index contributed by atoms with van der Waals surface area (Å²) in [6.45, 7) is 7.71. The number of carbonyl (C=O) groups is 1. The summed E-state index contributed by atoms with van der Waals surface area (Å²) < 4.78 is 12.8. The molecule has 0 bridgehead atoms. The summed E-state index contributed by atoms with van der Waals surface area (Å²) in [7, 11) is 0. The number of nitrogens with zero attached hydrogens (tertiary/aromatic N) is 5. The Labute approximate surface area is 158 Å². The molecule has 2 aliphatic rings. The van der Waals surface area contributed by atoms with Crippen molar-refractivity contribution in [3.05, 3.63) is 29.7 Å². The lowest BCUT2D eigenvalue weighted by Crippen LogP contribution is -2.47. The monoisotopic (exact) mass is 373 g/mol. The van der Waals surface area contributed by atoms with Crippen molar-refractivity contribution >= 4 is 5.91 Å². The number of rotatable bonds is 4. The first kappa shape index (κ1) is 18.2. The first-order valence-electron chi connectivity index (χ1n) is 9.82. The standard InChI is InChI=1S/C19H27N5O3/c1-3-24-12-15(11-20-24)17(25)23-8-4-7-19(2,13-23)18-21-16(27-22-18)14-5-9-26-10-6-14/h11-12,14H,3-10,13H2,1-2H3. The van der Waals surface area contributed by atoms with E-state index in [1.54, 1.807) is 10.9 Å². The van der Waals surface area contributed by atoms with Crippen molar-refractivity contribution in [3.63, 3.8) is 0 Å². The van der Waals surface area contributed by atoms with E-state index in [1.807, 2.05) is 18.0 Å². The van der Waals surface area contributed by atoms with Crippen LogP contribution in [0.15, 0.2) is 16.9 Å². The summed E-state index contributed by atoms with van der Waals surface area (Å²) in [4.78, 5) is 19.5. The van der Waals surface area contributed by atoms with E-state index in [0.29, 0.717) is 23.8 Å². The van der Waals surface area contributed by atoms with E-state index >= 15 is 0 Å². The van der Waals surface area contributed by atoms with Crippen LogP contribution in [0.1, 0.15) is 67.5 Å². The molecular weight excluding hydrogens is 346 g/mol. The molecule has 1 unspecified atom stereocenters. The Morgan fingerprint density at radius 2 is 2.19 bits per heavy atom. The summed E-state index contributed by atoms with van der Waals surface area (Å²) in [6, 6.07) is 0. The highest BCUT2D eigenvalue weighted by Gasteiger charge is 2.39. The van der Waals surface area contributed by atoms with Crippen LogP contribution in [0.4, 0.5) is 0 Å². The summed E-state index contributed by atoms with van der Waals surface area (Å²) in [6.07, 6.45) is 7.17. The smallest absolute Gasteiger partial charge is 0.257 e. The molecule has 0 N–H and O–H groups in total. The molecule has 8 nitrogen and oxygen atoms in total. The highest BCUT2D eigenvalue weighted by atomic mass is 16.5. The zero-order valence-corrected chi connectivity index (χ0v) is 16.1. The minimum absolute atomic E-state index is 0.0220. The largest absolute Gasteiger partial charge is 0.381 e. The molecule has 0 aliphatic carbocycles. The predicted molar refractivity (Wildman–Crippen MR) is 97.5 cm³/mol. The number of amides is 1. The highest BCUT2D eigenvalue weighted by Crippen LogP contribution is 2.34. The van der Waals surface area contributed by atoms with E-state index in [9.17, 15) is 4.79 Å². The van der Waals surface area contributed by atoms with Crippen molar-refractivity contribution in [2.75, 3.05) is 26.3 Å². The van der Waals surface area contributed by atoms with Crippen molar-refractivity contribution in [1.29, 1.82) is 0 Å². The third kappa shape index (κ3) is 3.63. The Balaban J connectivity index is 1.49. The maximum Gasteiger partial charge on any atom is 0.257 e. The molecule has 0 spiro atoms. The van der Waals surface area contributed by atoms with Crippen LogP contribution < -0.4 is 0 Å². The van der Waals surface area contributed by atoms with Gasteiger partial charge in [-0.2, -0.15) is 10.1 Å². The molecule has 1 atom stereocenters. The van der Waals surface area contributed by atoms with Gasteiger partial charge < -0.3 is 14.2 Å². The molecule has 2 saturated heterocycles. The molecule has 2 fully saturated rings. The number of likely N-dealkylation sites (tertiary alicyclic amines) is 1. The normalized spacial score (nSPS) is 24.3. The van der Waals surface area contributed by atoms with E-state index in [4.69, 9.17) is 14.2 Å². The maximum absolute atomic E-state index is 12.9. The number of carbonyl (C=O) groups excluding carboxylic acids is 1. The molecule has 2 aromatic heterocycles. The van der Waals surface area contributed by atoms with E-state index in [0.717, 1.165) is 52.0 Å². The van der Waals surface area contributed by atoms with Gasteiger partial charge >= 0.3 is 0 Å². The van der Waals surface area contributed by atoms with Crippen LogP contribution in [0.3, 0.4) is 0 Å². The van der Waals surface area contributed by atoms with Gasteiger partial charge in [-0.1, -0.05) is 12.1 Å². The molecule has 4 rings (SSSR count). The molecule has 146 valence electrons. The molecule has 8 heteroatoms. The Bertz CT molecular complexity index is 795. The molecule has 2 aliphatic heterocycles. The fraction of sp³-hybridized carbons (Fsp3) is 0.684. The molecule has 4 heterocycles. The maximum atomic E-state index is 12.9. The fourth-order valence-electron chi connectivity index (χ4n) is 4.02. The van der Waals surface area contributed by atoms with Gasteiger partial charge in [-0.25, -0.2) is 0 Å². The lowest BCUT2D eigenvalue weighted by Gasteiger charge is -2.38. The molecule has 1 amide bonds. The number of aryl methyl sites for hydroxylation is 1. The Kier molecular flexibility index (Phi) is 4.99. The second kappa shape index (κ2) is 7.42. The molecular formula is C19H27N5O3. The molecule has 27 heavy (non-hydrogen) atoms. The van der Waals surface area contributed by atoms with Crippen molar-refractivity contribution in [2.24, 2.45) is 0 Å². The van der Waals surface area contributed by atoms with Crippen LogP contribution in [0, 0.1) is 0 Å². The summed E-state index contributed by atoms with van der Waals surface area (Å²) >= 11 is 0. The quantitative estimate of drug-likeness (QED) is 0.818. The third-order valence-corrected chi connectivity index (χ3v) is 5.74. The van der Waals surface area contributed by atoms with E-state index < -0.39 is 0 Å². The van der Waals surface area contributed by atoms with Gasteiger partial charge in [0, 0.05) is 50.4 Å². The average molecular weight is 373 g/mol. The van der Waals surface area contributed by atoms with Crippen LogP contribution in [0.25, 0.3) is 0 Å². The molecule has 0 saturated carbocycles. The van der Waals surface area contributed by atoms with Crippen molar-refractivity contribution < 1.29 is 14.1 Å². The van der Waals surface area contributed by atoms with Gasteiger partial charge in [-0.3, -0.25) is 9.48 Å². The molecule has 0 aromatic carbocycles. The van der Waals surface area contributed by atoms with Crippen molar-refractivity contribution in [3.8, 4) is 0 Å². The topological polar surface area (TPSA) is 86.3 Å². The van der Waals surface area contributed by atoms with Gasteiger partial charge in [-0.15, -0.1) is 0 Å². The van der Waals surface area contributed by atoms with Crippen LogP contribution in [-0.2, 0) is 16.7 Å². The Morgan fingerprint density at radius 1 is 1.37 bits per heavy atom. The van der Waals surface area contributed by atoms with Gasteiger partial charge in [0.15, 0.2) is 5.82 Å². The summed E-state index contributed by atoms with van der Waals surface area (Å²) in [5.41, 5.74) is 0.346. The highest BCUT2D eigenvalue weighted by molar-refractivity contribution is 5.93. The summed E-state index contributed by atoms with van der Waals surface area (Å²) in [5.74, 6) is 1.73. The predicted octanol–water partition coefficient (Wildman–Crippen LogP) is 2.37. The number of ether oxygens (including phenoxy) is 1. The first-order valence-corrected chi connectivity index (χ1v) is 9.82. The second-order valence-electron chi connectivity index (χ2n) is 7.82. The second-order valence-corrected chi connectivity index (χ2v) is 7.82. The Hall–Kier alpha value is -2.22. The SMILES string of the molecule is CCn1cc(C(=O)N2CCCC(C)(c3noc(C4CCOCC4)n3)C2)cn1. The van der Waals surface area contributed by atoms with Gasteiger partial charge in [0.05, 0.1) is 11.8 Å². The van der Waals surface area contributed by atoms with E-state index in [-0.39, 0.29) is 17.2 Å². The fourth-order valence-corrected chi connectivity index (χ4v) is 4.02. The minimum atomic E-state index is -0.290. The number of hydrogen-bond donors (Lipinski definition) is 0. The zero-order valence-electron chi connectivity index (χ0n) is 16.1. The average Bonchev–Trinajstić information content (AvgIpc) is 3.38. The van der Waals surface area contributed by atoms with E-state index in [1.165, 1.54) is 0 Å². The van der Waals surface area contributed by atoms with Crippen molar-refractivity contribution in [1.82, 2.24) is 24.8 Å². The molecule has 2 aromatic rings. The van der Waals surface area contributed by atoms with Gasteiger partial charge in [0.1, 0.15) is 0 Å². The number of hydrogen-bond acceptors (Lipinski definition) is 6. The lowest BCUT2D eigenvalue weighted by atomic mass is 9.81. The van der Waals surface area contributed by atoms with Crippen LogP contribution >= 0.6 is 0 Å². The lowest BCUT2D eigenvalue weighted by molar-refractivity contribution is 0.0642. The van der Waals surface area contributed by atoms with E-state index in [2.05, 4.69) is 17.2 Å². The van der Waals surface area contributed by atoms with Crippen LogP contribution in [-0.4, -0.2) is 57.0 Å². The zero-order chi connectivity index (χ0) is 18.9. The Morgan fingerprint density at radius 3 is 2.93 bits per heavy atom. The van der Waals surface area contributed by atoms with Crippen molar-refractivity contribution in [2.45, 2.75) is 57.4 Å². The number of aromatic nitrogens is 4. The van der Waals surface area contributed by atoms with Gasteiger partial charge in [-0.05, 0) is 32.6 Å². The van der Waals surface area contributed by atoms with Crippen LogP contribution in [0.2, 0.25) is 0 Å². The van der Waals surface area contributed by atoms with Crippen LogP contribution in [0.5, 0.6) is 0 Å². The third-order valence-electron chi connectivity index (χ3n) is 5.74. The molecule has 0 radical (unpaired) electrons. The minimum Gasteiger partial charge on any atom is -0.381 e.